The zero-order valence-corrected chi connectivity index (χ0v) is 39.2. The van der Waals surface area contributed by atoms with Gasteiger partial charge in [0.05, 0.1) is 0 Å². The van der Waals surface area contributed by atoms with Crippen LogP contribution >= 0.6 is 24.8 Å². The van der Waals surface area contributed by atoms with Gasteiger partial charge >= 0.3 is 30.2 Å². The minimum atomic E-state index is 0. The van der Waals surface area contributed by atoms with E-state index < -0.39 is 0 Å². The van der Waals surface area contributed by atoms with Crippen LogP contribution < -0.4 is 0 Å². The monoisotopic (exact) mass is 866 g/mol. The van der Waals surface area contributed by atoms with Crippen molar-refractivity contribution in [2.75, 3.05) is 0 Å². The predicted octanol–water partition coefficient (Wildman–Crippen LogP) is 14.3. The van der Waals surface area contributed by atoms with Crippen molar-refractivity contribution in [3.05, 3.63) is 203 Å². The molecule has 0 amide bonds. The number of fused-ring (bicyclic) bond motifs is 3. The van der Waals surface area contributed by atoms with Crippen LogP contribution in [0.15, 0.2) is 146 Å². The molecule has 0 spiro atoms. The van der Waals surface area contributed by atoms with Gasteiger partial charge in [-0.3, -0.25) is 6.08 Å². The van der Waals surface area contributed by atoms with Crippen LogP contribution in [0.3, 0.4) is 0 Å². The normalized spacial score (nSPS) is 11.5. The maximum atomic E-state index is 3.88. The number of aryl methyl sites for hydroxylation is 2. The quantitative estimate of drug-likeness (QED) is 0.120. The average Bonchev–Trinajstić information content (AvgIpc) is 3.88. The third kappa shape index (κ3) is 14.1. The number of benzene rings is 6. The fourth-order valence-corrected chi connectivity index (χ4v) is 6.41. The van der Waals surface area contributed by atoms with Crippen molar-refractivity contribution in [2.24, 2.45) is 0 Å². The molecule has 56 heavy (non-hydrogen) atoms. The van der Waals surface area contributed by atoms with E-state index in [1.807, 2.05) is 48.6 Å². The van der Waals surface area contributed by atoms with Gasteiger partial charge in [-0.2, -0.15) is 77.9 Å². The molecule has 0 saturated heterocycles. The van der Waals surface area contributed by atoms with Crippen molar-refractivity contribution < 1.29 is 23.3 Å². The Morgan fingerprint density at radius 2 is 1.11 bits per heavy atom. The number of hydrogen-bond donors (Lipinski definition) is 0. The summed E-state index contributed by atoms with van der Waals surface area (Å²) in [6.07, 6.45) is 10.9. The number of halogens is 2. The molecule has 0 fully saturated rings. The van der Waals surface area contributed by atoms with E-state index in [1.165, 1.54) is 90.1 Å². The topological polar surface area (TPSA) is 0 Å². The SMILES string of the molecule is CC(C)(C)c1cc2c([c-]c1-c1ccccc1)Cc1cc(-c3ccccc3)c(C(C)(C)C)cc1-2.Cc1c[c-]ccc1.Cc1c[c-]ccc1.Cl.Cl.[C-]1=CC=CC1.[Si]=[Zr]. The Hall–Kier alpha value is -3.52. The molecule has 0 N–H and O–H groups in total. The first-order valence-electron chi connectivity index (χ1n) is 18.6. The summed E-state index contributed by atoms with van der Waals surface area (Å²) in [5, 5.41) is 0. The molecule has 0 heterocycles. The average molecular weight is 869 g/mol. The third-order valence-electron chi connectivity index (χ3n) is 9.13. The Labute approximate surface area is 368 Å². The van der Waals surface area contributed by atoms with E-state index in [0.717, 1.165) is 12.8 Å². The van der Waals surface area contributed by atoms with Gasteiger partial charge < -0.3 is 0 Å². The van der Waals surface area contributed by atoms with Crippen LogP contribution in [-0.2, 0) is 40.6 Å². The van der Waals surface area contributed by atoms with E-state index in [1.54, 1.807) is 0 Å². The van der Waals surface area contributed by atoms with Crippen LogP contribution in [0.1, 0.15) is 81.3 Å². The molecule has 0 aromatic heterocycles. The Morgan fingerprint density at radius 1 is 0.589 bits per heavy atom. The van der Waals surface area contributed by atoms with E-state index in [-0.39, 0.29) is 35.6 Å². The molecule has 0 aliphatic heterocycles. The molecule has 0 unspecified atom stereocenters. The maximum absolute atomic E-state index is 3.88. The summed E-state index contributed by atoms with van der Waals surface area (Å²) in [5.41, 5.74) is 16.0. The molecule has 288 valence electrons. The molecule has 8 rings (SSSR count). The van der Waals surface area contributed by atoms with Crippen LogP contribution in [0.25, 0.3) is 33.4 Å². The van der Waals surface area contributed by atoms with Gasteiger partial charge in [0.15, 0.2) is 0 Å². The third-order valence-corrected chi connectivity index (χ3v) is 9.13. The van der Waals surface area contributed by atoms with Gasteiger partial charge in [-0.05, 0) is 39.5 Å². The van der Waals surface area contributed by atoms with E-state index in [9.17, 15) is 0 Å². The fraction of sp³-hybridized carbons (Fsp3) is 0.231. The van der Waals surface area contributed by atoms with Crippen LogP contribution in [0.5, 0.6) is 0 Å². The van der Waals surface area contributed by atoms with Crippen molar-refractivity contribution in [3.8, 4) is 33.4 Å². The van der Waals surface area contributed by atoms with Crippen LogP contribution in [0.2, 0.25) is 0 Å². The molecular formula is C52H54Cl2SiZr-4. The second kappa shape index (κ2) is 23.6. The van der Waals surface area contributed by atoms with Gasteiger partial charge in [-0.1, -0.05) is 145 Å². The van der Waals surface area contributed by atoms with Crippen LogP contribution in [-0.4, -0.2) is 6.88 Å². The number of hydrogen-bond acceptors (Lipinski definition) is 0. The van der Waals surface area contributed by atoms with Gasteiger partial charge in [0.1, 0.15) is 0 Å². The Bertz CT molecular complexity index is 1960. The van der Waals surface area contributed by atoms with E-state index in [2.05, 4.69) is 184 Å². The first-order valence-corrected chi connectivity index (χ1v) is 22.8. The molecule has 0 bridgehead atoms. The standard InChI is InChI=1S/C33H33.2C7H7.C5H5.2ClH.Si.Zr/c1-32(2,3)30-20-26-24(18-28(30)22-13-9-7-10-14-22)17-25-19-29(23-15-11-8-12-16-23)31(21-27(25)26)33(4,5)6;2*1-7-5-3-2-4-6-7;1-2-4-5-3-1;;;;/h7-16,18,20-21H,17H2,1-6H3;2*2-3,5-6H,1H3;1-3H,4H2;2*1H;;/q4*-1;;;;. The van der Waals surface area contributed by atoms with Crippen molar-refractivity contribution in [1.82, 2.24) is 0 Å². The minimum absolute atomic E-state index is 0. The molecule has 2 aliphatic carbocycles. The van der Waals surface area contributed by atoms with Crippen molar-refractivity contribution in [1.29, 1.82) is 0 Å². The van der Waals surface area contributed by atoms with Gasteiger partial charge in [0.25, 0.3) is 0 Å². The second-order valence-corrected chi connectivity index (χ2v) is 15.6. The molecule has 2 radical (unpaired) electrons. The van der Waals surface area contributed by atoms with Gasteiger partial charge in [-0.15, -0.1) is 60.1 Å². The van der Waals surface area contributed by atoms with E-state index in [4.69, 9.17) is 0 Å². The first-order chi connectivity index (χ1) is 25.9. The molecule has 4 heteroatoms. The summed E-state index contributed by atoms with van der Waals surface area (Å²) in [5.74, 6) is 0. The molecular weight excluding hydrogens is 815 g/mol. The van der Waals surface area contributed by atoms with Gasteiger partial charge in [-0.25, -0.2) is 12.2 Å². The van der Waals surface area contributed by atoms with Crippen molar-refractivity contribution in [2.45, 2.75) is 79.1 Å². The first kappa shape index (κ1) is 48.6. The summed E-state index contributed by atoms with van der Waals surface area (Å²) in [4.78, 5) is 0. The molecule has 0 atom stereocenters. The zero-order chi connectivity index (χ0) is 39.1. The Kier molecular flexibility index (Phi) is 20.5. The Balaban J connectivity index is 0.000000382. The summed E-state index contributed by atoms with van der Waals surface area (Å²) in [7, 11) is 0. The zero-order valence-electron chi connectivity index (χ0n) is 34.1. The van der Waals surface area contributed by atoms with Gasteiger partial charge in [0, 0.05) is 0 Å². The number of allylic oxidation sites excluding steroid dienone is 4. The van der Waals surface area contributed by atoms with Crippen molar-refractivity contribution >= 4 is 31.7 Å². The second-order valence-electron chi connectivity index (χ2n) is 15.6. The Morgan fingerprint density at radius 3 is 1.50 bits per heavy atom. The summed E-state index contributed by atoms with van der Waals surface area (Å²) in [6.45, 7) is 21.1. The van der Waals surface area contributed by atoms with Crippen LogP contribution in [0, 0.1) is 38.1 Å². The summed E-state index contributed by atoms with van der Waals surface area (Å²) >= 11 is 1.36. The fourth-order valence-electron chi connectivity index (χ4n) is 6.41. The molecule has 2 aliphatic rings. The molecule has 6 aromatic carbocycles. The summed E-state index contributed by atoms with van der Waals surface area (Å²) < 4.78 is 0. The molecule has 0 nitrogen and oxygen atoms in total. The summed E-state index contributed by atoms with van der Waals surface area (Å²) in [6, 6.07) is 54.5. The van der Waals surface area contributed by atoms with E-state index in [0.29, 0.717) is 0 Å². The van der Waals surface area contributed by atoms with E-state index >= 15 is 0 Å². The predicted molar refractivity (Wildman–Crippen MR) is 244 cm³/mol. The van der Waals surface area contributed by atoms with Crippen molar-refractivity contribution in [3.63, 3.8) is 0 Å². The van der Waals surface area contributed by atoms with Crippen LogP contribution in [0.4, 0.5) is 0 Å². The molecule has 0 saturated carbocycles. The van der Waals surface area contributed by atoms with Gasteiger partial charge in [0.2, 0.25) is 0 Å². The number of rotatable bonds is 2. The molecule has 6 aromatic rings.